The number of carbonyl (C=O) groups excluding carboxylic acids is 1. The van der Waals surface area contributed by atoms with E-state index in [0.717, 1.165) is 0 Å². The maximum absolute atomic E-state index is 9.88. The van der Waals surface area contributed by atoms with Gasteiger partial charge in [-0.1, -0.05) is 0 Å². The topological polar surface area (TPSA) is 52.3 Å². The molecule has 0 saturated carbocycles. The van der Waals surface area contributed by atoms with Crippen LogP contribution in [0.1, 0.15) is 0 Å². The highest BCUT2D eigenvalue weighted by Crippen LogP contribution is 1.96. The van der Waals surface area contributed by atoms with Crippen LogP contribution < -0.4 is 5.73 Å². The van der Waals surface area contributed by atoms with Crippen molar-refractivity contribution in [2.75, 3.05) is 6.61 Å². The smallest absolute Gasteiger partial charge is 0.326 e. The second kappa shape index (κ2) is 2.14. The summed E-state index contributed by atoms with van der Waals surface area (Å²) in [6, 6.07) is -0.329. The van der Waals surface area contributed by atoms with Gasteiger partial charge in [-0.2, -0.15) is 0 Å². The average Bonchev–Trinajstić information content (AvgIpc) is 1.61. The van der Waals surface area contributed by atoms with E-state index < -0.39 is 0 Å². The number of rotatable bonds is 0. The molecular formula is C3H6ClNO2. The predicted octanol–water partition coefficient (Wildman–Crippen LogP) is -0.708. The summed E-state index contributed by atoms with van der Waals surface area (Å²) in [5, 5.41) is 0. The number of hydrogen-bond donors (Lipinski definition) is 1. The van der Waals surface area contributed by atoms with Crippen molar-refractivity contribution >= 4 is 18.4 Å². The van der Waals surface area contributed by atoms with E-state index >= 15 is 0 Å². The molecule has 0 radical (unpaired) electrons. The third kappa shape index (κ3) is 1.04. The van der Waals surface area contributed by atoms with Gasteiger partial charge in [0.2, 0.25) is 0 Å². The number of nitrogens with two attached hydrogens (primary N) is 1. The molecule has 1 aliphatic rings. The molecule has 1 heterocycles. The number of halogens is 1. The monoisotopic (exact) mass is 123 g/mol. The van der Waals surface area contributed by atoms with E-state index in [9.17, 15) is 4.79 Å². The van der Waals surface area contributed by atoms with Crippen LogP contribution in [0.2, 0.25) is 0 Å². The molecule has 0 aromatic rings. The first-order valence-electron chi connectivity index (χ1n) is 1.73. The Bertz CT molecular complexity index is 85.0. The molecule has 1 fully saturated rings. The van der Waals surface area contributed by atoms with Gasteiger partial charge < -0.3 is 10.5 Å². The summed E-state index contributed by atoms with van der Waals surface area (Å²) in [5.74, 6) is -0.282. The number of ether oxygens (including phenoxy) is 1. The summed E-state index contributed by atoms with van der Waals surface area (Å²) < 4.78 is 4.28. The van der Waals surface area contributed by atoms with Crippen molar-refractivity contribution in [2.24, 2.45) is 5.73 Å². The molecule has 1 saturated heterocycles. The van der Waals surface area contributed by atoms with Crippen molar-refractivity contribution in [2.45, 2.75) is 6.04 Å². The Morgan fingerprint density at radius 2 is 2.29 bits per heavy atom. The minimum atomic E-state index is -0.329. The molecule has 1 rings (SSSR count). The zero-order valence-corrected chi connectivity index (χ0v) is 4.40. The van der Waals surface area contributed by atoms with Gasteiger partial charge in [0.25, 0.3) is 0 Å². The van der Waals surface area contributed by atoms with E-state index in [2.05, 4.69) is 4.74 Å². The van der Waals surface area contributed by atoms with Crippen LogP contribution in [0.15, 0.2) is 0 Å². The molecule has 0 amide bonds. The molecule has 0 bridgehead atoms. The lowest BCUT2D eigenvalue weighted by Gasteiger charge is -2.18. The van der Waals surface area contributed by atoms with Crippen molar-refractivity contribution in [1.82, 2.24) is 0 Å². The molecule has 4 heteroatoms. The summed E-state index contributed by atoms with van der Waals surface area (Å²) in [5.41, 5.74) is 5.05. The summed E-state index contributed by atoms with van der Waals surface area (Å²) >= 11 is 0. The third-order valence-corrected chi connectivity index (χ3v) is 0.708. The number of hydrogen-bond acceptors (Lipinski definition) is 3. The highest BCUT2D eigenvalue weighted by molar-refractivity contribution is 5.85. The Morgan fingerprint density at radius 1 is 1.86 bits per heavy atom. The lowest BCUT2D eigenvalue weighted by molar-refractivity contribution is -0.160. The first kappa shape index (κ1) is 6.72. The first-order valence-corrected chi connectivity index (χ1v) is 1.73. The van der Waals surface area contributed by atoms with Crippen LogP contribution >= 0.6 is 12.4 Å². The Labute approximate surface area is 47.2 Å². The van der Waals surface area contributed by atoms with Gasteiger partial charge in [-0.15, -0.1) is 12.4 Å². The maximum Gasteiger partial charge on any atom is 0.326 e. The molecule has 0 aromatic heterocycles. The fraction of sp³-hybridized carbons (Fsp3) is 0.667. The molecule has 7 heavy (non-hydrogen) atoms. The second-order valence-corrected chi connectivity index (χ2v) is 1.24. The molecule has 0 unspecified atom stereocenters. The molecule has 42 valence electrons. The number of esters is 1. The standard InChI is InChI=1S/C3H5NO2.ClH/c4-2-1-6-3(2)5;/h2H,1,4H2;1H/t2-;/m1./s1. The minimum absolute atomic E-state index is 0. The van der Waals surface area contributed by atoms with E-state index in [1.165, 1.54) is 0 Å². The third-order valence-electron chi connectivity index (χ3n) is 0.708. The maximum atomic E-state index is 9.88. The van der Waals surface area contributed by atoms with Gasteiger partial charge in [0.1, 0.15) is 12.6 Å². The van der Waals surface area contributed by atoms with Crippen LogP contribution in [-0.4, -0.2) is 18.6 Å². The first-order chi connectivity index (χ1) is 2.80. The summed E-state index contributed by atoms with van der Waals surface area (Å²) in [6.07, 6.45) is 0. The quantitative estimate of drug-likeness (QED) is 0.433. The number of carbonyl (C=O) groups is 1. The Balaban J connectivity index is 0.000000360. The molecule has 1 aliphatic heterocycles. The van der Waals surface area contributed by atoms with Gasteiger partial charge in [-0.25, -0.2) is 0 Å². The van der Waals surface area contributed by atoms with Crippen LogP contribution in [0.25, 0.3) is 0 Å². The van der Waals surface area contributed by atoms with Crippen molar-refractivity contribution in [1.29, 1.82) is 0 Å². The van der Waals surface area contributed by atoms with E-state index in [1.807, 2.05) is 0 Å². The Hall–Kier alpha value is -0.280. The molecule has 1 atom stereocenters. The largest absolute Gasteiger partial charge is 0.462 e. The van der Waals surface area contributed by atoms with Gasteiger partial charge in [-0.3, -0.25) is 4.79 Å². The fourth-order valence-electron chi connectivity index (χ4n) is 0.248. The summed E-state index contributed by atoms with van der Waals surface area (Å²) in [7, 11) is 0. The lowest BCUT2D eigenvalue weighted by atomic mass is 10.3. The van der Waals surface area contributed by atoms with Gasteiger partial charge in [-0.05, 0) is 0 Å². The predicted molar refractivity (Wildman–Crippen MR) is 26.2 cm³/mol. The van der Waals surface area contributed by atoms with Crippen LogP contribution in [-0.2, 0) is 9.53 Å². The SMILES string of the molecule is Cl.N[C@@H]1COC1=O. The zero-order valence-electron chi connectivity index (χ0n) is 3.59. The van der Waals surface area contributed by atoms with Crippen LogP contribution in [0.4, 0.5) is 0 Å². The highest BCUT2D eigenvalue weighted by atomic mass is 35.5. The normalized spacial score (nSPS) is 27.0. The molecule has 0 aliphatic carbocycles. The van der Waals surface area contributed by atoms with E-state index in [-0.39, 0.29) is 24.4 Å². The molecular weight excluding hydrogens is 117 g/mol. The second-order valence-electron chi connectivity index (χ2n) is 1.24. The van der Waals surface area contributed by atoms with E-state index in [1.54, 1.807) is 0 Å². The summed E-state index contributed by atoms with van der Waals surface area (Å²) in [6.45, 7) is 0.402. The van der Waals surface area contributed by atoms with Gasteiger partial charge >= 0.3 is 5.97 Å². The molecule has 2 N–H and O–H groups in total. The van der Waals surface area contributed by atoms with Gasteiger partial charge in [0.05, 0.1) is 0 Å². The van der Waals surface area contributed by atoms with Crippen molar-refractivity contribution in [3.8, 4) is 0 Å². The Morgan fingerprint density at radius 3 is 2.29 bits per heavy atom. The lowest BCUT2D eigenvalue weighted by Crippen LogP contribution is -2.47. The highest BCUT2D eigenvalue weighted by Gasteiger charge is 2.25. The van der Waals surface area contributed by atoms with Crippen LogP contribution in [0.3, 0.4) is 0 Å². The Kier molecular flexibility index (Phi) is 2.05. The molecule has 0 spiro atoms. The minimum Gasteiger partial charge on any atom is -0.462 e. The van der Waals surface area contributed by atoms with E-state index in [0.29, 0.717) is 6.61 Å². The van der Waals surface area contributed by atoms with Crippen molar-refractivity contribution in [3.05, 3.63) is 0 Å². The summed E-state index contributed by atoms with van der Waals surface area (Å²) in [4.78, 5) is 9.88. The van der Waals surface area contributed by atoms with Crippen LogP contribution in [0, 0.1) is 0 Å². The average molecular weight is 124 g/mol. The number of cyclic esters (lactones) is 1. The van der Waals surface area contributed by atoms with Gasteiger partial charge in [0, 0.05) is 0 Å². The van der Waals surface area contributed by atoms with Crippen molar-refractivity contribution < 1.29 is 9.53 Å². The zero-order chi connectivity index (χ0) is 4.57. The molecule has 3 nitrogen and oxygen atoms in total. The van der Waals surface area contributed by atoms with Crippen molar-refractivity contribution in [3.63, 3.8) is 0 Å². The fourth-order valence-corrected chi connectivity index (χ4v) is 0.248. The molecule has 0 aromatic carbocycles. The van der Waals surface area contributed by atoms with Crippen LogP contribution in [0.5, 0.6) is 0 Å². The van der Waals surface area contributed by atoms with Gasteiger partial charge in [0.15, 0.2) is 0 Å². The van der Waals surface area contributed by atoms with E-state index in [4.69, 9.17) is 5.73 Å².